The fourth-order valence-corrected chi connectivity index (χ4v) is 4.09. The number of fused-ring (bicyclic) bond motifs is 1. The van der Waals surface area contributed by atoms with Crippen LogP contribution in [0.3, 0.4) is 0 Å². The van der Waals surface area contributed by atoms with Crippen molar-refractivity contribution in [1.82, 2.24) is 24.8 Å². The minimum Gasteiger partial charge on any atom is -0.472 e. The number of hydrogen-bond acceptors (Lipinski definition) is 6. The van der Waals surface area contributed by atoms with Crippen LogP contribution in [0.25, 0.3) is 5.65 Å². The molecule has 3 aromatic rings. The van der Waals surface area contributed by atoms with Crippen molar-refractivity contribution in [2.24, 2.45) is 0 Å². The van der Waals surface area contributed by atoms with Gasteiger partial charge in [-0.15, -0.1) is 0 Å². The van der Waals surface area contributed by atoms with Gasteiger partial charge in [-0.2, -0.15) is 10.4 Å². The lowest BCUT2D eigenvalue weighted by Gasteiger charge is -2.32. The standard InChI is InChI=1S/C22H24N6O3/c1-14-19(15(2)28-21(25-14)17(11-23)12-24-28)3-4-20(29)26-18-5-8-27(9-6-18)22(30)16-7-10-31-13-16/h7,10,12-13,18H,3-6,8-9H2,1-2H3,(H,26,29). The molecule has 160 valence electrons. The summed E-state index contributed by atoms with van der Waals surface area (Å²) in [5.41, 5.74) is 4.20. The van der Waals surface area contributed by atoms with Crippen molar-refractivity contribution in [3.8, 4) is 6.07 Å². The lowest BCUT2D eigenvalue weighted by Crippen LogP contribution is -2.46. The largest absolute Gasteiger partial charge is 0.472 e. The van der Waals surface area contributed by atoms with E-state index in [9.17, 15) is 14.9 Å². The zero-order chi connectivity index (χ0) is 22.0. The summed E-state index contributed by atoms with van der Waals surface area (Å²) in [5.74, 6) is -0.0535. The number of amides is 2. The van der Waals surface area contributed by atoms with Crippen LogP contribution in [0.4, 0.5) is 0 Å². The molecule has 31 heavy (non-hydrogen) atoms. The van der Waals surface area contributed by atoms with Crippen molar-refractivity contribution in [1.29, 1.82) is 5.26 Å². The minimum atomic E-state index is -0.0365. The summed E-state index contributed by atoms with van der Waals surface area (Å²) in [6, 6.07) is 3.82. The van der Waals surface area contributed by atoms with E-state index in [-0.39, 0.29) is 17.9 Å². The maximum Gasteiger partial charge on any atom is 0.257 e. The first-order chi connectivity index (χ1) is 15.0. The van der Waals surface area contributed by atoms with Crippen molar-refractivity contribution < 1.29 is 14.0 Å². The van der Waals surface area contributed by atoms with Gasteiger partial charge in [-0.25, -0.2) is 9.50 Å². The molecule has 9 heteroatoms. The number of nitrogens with zero attached hydrogens (tertiary/aromatic N) is 5. The molecule has 0 saturated carbocycles. The van der Waals surface area contributed by atoms with E-state index in [4.69, 9.17) is 4.42 Å². The first kappa shape index (κ1) is 20.6. The van der Waals surface area contributed by atoms with Gasteiger partial charge < -0.3 is 14.6 Å². The summed E-state index contributed by atoms with van der Waals surface area (Å²) < 4.78 is 6.64. The highest BCUT2D eigenvalue weighted by molar-refractivity contribution is 5.93. The Morgan fingerprint density at radius 2 is 2.10 bits per heavy atom. The second-order valence-corrected chi connectivity index (χ2v) is 7.81. The van der Waals surface area contributed by atoms with Crippen LogP contribution in [0.15, 0.2) is 29.2 Å². The van der Waals surface area contributed by atoms with Crippen LogP contribution in [0, 0.1) is 25.2 Å². The van der Waals surface area contributed by atoms with Crippen LogP contribution in [0.5, 0.6) is 0 Å². The van der Waals surface area contributed by atoms with Gasteiger partial charge in [0.2, 0.25) is 5.91 Å². The maximum atomic E-state index is 12.5. The molecular formula is C22H24N6O3. The van der Waals surface area contributed by atoms with Crippen LogP contribution in [0.2, 0.25) is 0 Å². The smallest absolute Gasteiger partial charge is 0.257 e. The molecule has 3 aromatic heterocycles. The van der Waals surface area contributed by atoms with Crippen LogP contribution < -0.4 is 5.32 Å². The molecule has 0 atom stereocenters. The molecule has 1 fully saturated rings. The van der Waals surface area contributed by atoms with Gasteiger partial charge in [0, 0.05) is 36.9 Å². The minimum absolute atomic E-state index is 0.0170. The van der Waals surface area contributed by atoms with Crippen molar-refractivity contribution in [2.45, 2.75) is 45.6 Å². The lowest BCUT2D eigenvalue weighted by molar-refractivity contribution is -0.122. The zero-order valence-corrected chi connectivity index (χ0v) is 17.6. The molecule has 0 bridgehead atoms. The Balaban J connectivity index is 1.31. The van der Waals surface area contributed by atoms with Gasteiger partial charge in [-0.3, -0.25) is 9.59 Å². The van der Waals surface area contributed by atoms with Gasteiger partial charge in [0.15, 0.2) is 5.65 Å². The van der Waals surface area contributed by atoms with Crippen LogP contribution >= 0.6 is 0 Å². The molecule has 0 unspecified atom stereocenters. The van der Waals surface area contributed by atoms with Gasteiger partial charge >= 0.3 is 0 Å². The number of aromatic nitrogens is 3. The van der Waals surface area contributed by atoms with E-state index in [1.165, 1.54) is 18.7 Å². The van der Waals surface area contributed by atoms with E-state index in [0.29, 0.717) is 42.7 Å². The molecule has 1 saturated heterocycles. The van der Waals surface area contributed by atoms with Crippen molar-refractivity contribution in [2.75, 3.05) is 13.1 Å². The van der Waals surface area contributed by atoms with Crippen molar-refractivity contribution >= 4 is 17.5 Å². The molecule has 1 N–H and O–H groups in total. The Bertz CT molecular complexity index is 1150. The molecule has 2 amide bonds. The molecule has 0 spiro atoms. The highest BCUT2D eigenvalue weighted by Crippen LogP contribution is 2.19. The average Bonchev–Trinajstić information content (AvgIpc) is 3.43. The molecule has 9 nitrogen and oxygen atoms in total. The van der Waals surface area contributed by atoms with Gasteiger partial charge in [0.1, 0.15) is 17.9 Å². The molecule has 4 heterocycles. The molecule has 1 aliphatic rings. The fourth-order valence-electron chi connectivity index (χ4n) is 4.09. The van der Waals surface area contributed by atoms with E-state index in [1.807, 2.05) is 13.8 Å². The summed E-state index contributed by atoms with van der Waals surface area (Å²) in [4.78, 5) is 31.2. The summed E-state index contributed by atoms with van der Waals surface area (Å²) in [5, 5.41) is 16.5. The number of carbonyl (C=O) groups excluding carboxylic acids is 2. The van der Waals surface area contributed by atoms with Gasteiger partial charge in [-0.05, 0) is 44.7 Å². The highest BCUT2D eigenvalue weighted by atomic mass is 16.3. The van der Waals surface area contributed by atoms with Gasteiger partial charge in [-0.1, -0.05) is 0 Å². The molecule has 4 rings (SSSR count). The molecule has 1 aliphatic heterocycles. The average molecular weight is 420 g/mol. The van der Waals surface area contributed by atoms with Gasteiger partial charge in [0.25, 0.3) is 5.91 Å². The Morgan fingerprint density at radius 1 is 1.32 bits per heavy atom. The second-order valence-electron chi connectivity index (χ2n) is 7.81. The summed E-state index contributed by atoms with van der Waals surface area (Å²) >= 11 is 0. The van der Waals surface area contributed by atoms with Crippen LogP contribution in [0.1, 0.15) is 52.1 Å². The topological polar surface area (TPSA) is 117 Å². The van der Waals surface area contributed by atoms with Gasteiger partial charge in [0.05, 0.1) is 18.0 Å². The van der Waals surface area contributed by atoms with Crippen LogP contribution in [-0.2, 0) is 11.2 Å². The van der Waals surface area contributed by atoms with Crippen molar-refractivity contribution in [3.63, 3.8) is 0 Å². The molecular weight excluding hydrogens is 396 g/mol. The molecule has 0 aromatic carbocycles. The maximum absolute atomic E-state index is 12.5. The van der Waals surface area contributed by atoms with E-state index in [2.05, 4.69) is 21.5 Å². The van der Waals surface area contributed by atoms with Crippen molar-refractivity contribution in [3.05, 3.63) is 52.9 Å². The number of nitriles is 1. The number of rotatable bonds is 5. The third kappa shape index (κ3) is 4.14. The number of furan rings is 1. The lowest BCUT2D eigenvalue weighted by atomic mass is 10.0. The zero-order valence-electron chi connectivity index (χ0n) is 17.6. The van der Waals surface area contributed by atoms with Crippen LogP contribution in [-0.4, -0.2) is 50.4 Å². The Kier molecular flexibility index (Phi) is 5.71. The van der Waals surface area contributed by atoms with E-state index in [1.54, 1.807) is 15.5 Å². The fraction of sp³-hybridized carbons (Fsp3) is 0.409. The first-order valence-electron chi connectivity index (χ1n) is 10.3. The number of hydrogen-bond donors (Lipinski definition) is 1. The second kappa shape index (κ2) is 8.60. The predicted octanol–water partition coefficient (Wildman–Crippen LogP) is 2.16. The number of likely N-dealkylation sites (tertiary alicyclic amines) is 1. The quantitative estimate of drug-likeness (QED) is 0.676. The Labute approximate surface area is 179 Å². The summed E-state index contributed by atoms with van der Waals surface area (Å²) in [6.45, 7) is 5.03. The monoisotopic (exact) mass is 420 g/mol. The van der Waals surface area contributed by atoms with E-state index >= 15 is 0 Å². The normalized spacial score (nSPS) is 14.5. The number of carbonyl (C=O) groups is 2. The Morgan fingerprint density at radius 3 is 2.77 bits per heavy atom. The first-order valence-corrected chi connectivity index (χ1v) is 10.3. The summed E-state index contributed by atoms with van der Waals surface area (Å²) in [7, 11) is 0. The molecule has 0 radical (unpaired) electrons. The predicted molar refractivity (Wildman–Crippen MR) is 111 cm³/mol. The third-order valence-corrected chi connectivity index (χ3v) is 5.85. The highest BCUT2D eigenvalue weighted by Gasteiger charge is 2.25. The third-order valence-electron chi connectivity index (χ3n) is 5.85. The SMILES string of the molecule is Cc1nc2c(C#N)cnn2c(C)c1CCC(=O)NC1CCN(C(=O)c2ccoc2)CC1. The number of nitrogens with one attached hydrogen (secondary N) is 1. The van der Waals surface area contributed by atoms with E-state index in [0.717, 1.165) is 29.8 Å². The Hall–Kier alpha value is -3.67. The van der Waals surface area contributed by atoms with E-state index < -0.39 is 0 Å². The number of aryl methyl sites for hydroxylation is 2. The number of piperidine rings is 1. The summed E-state index contributed by atoms with van der Waals surface area (Å²) in [6.07, 6.45) is 6.80. The molecule has 0 aliphatic carbocycles.